The molecule has 1 aromatic carbocycles. The first-order chi connectivity index (χ1) is 7.75. The Morgan fingerprint density at radius 2 is 1.81 bits per heavy atom. The van der Waals surface area contributed by atoms with E-state index in [4.69, 9.17) is 0 Å². The second kappa shape index (κ2) is 4.97. The molecule has 16 heavy (non-hydrogen) atoms. The Morgan fingerprint density at radius 1 is 1.19 bits per heavy atom. The summed E-state index contributed by atoms with van der Waals surface area (Å²) >= 11 is 0. The summed E-state index contributed by atoms with van der Waals surface area (Å²) in [4.78, 5) is 13.3. The first-order valence-corrected chi connectivity index (χ1v) is 5.76. The van der Waals surface area contributed by atoms with Gasteiger partial charge in [-0.25, -0.2) is 0 Å². The Hall–Kier alpha value is -1.57. The van der Waals surface area contributed by atoms with Gasteiger partial charge in [0.1, 0.15) is 0 Å². The molecule has 0 amide bonds. The molecule has 0 N–H and O–H groups in total. The number of piperidine rings is 1. The van der Waals surface area contributed by atoms with Gasteiger partial charge in [-0.3, -0.25) is 4.79 Å². The van der Waals surface area contributed by atoms with Gasteiger partial charge >= 0.3 is 0 Å². The van der Waals surface area contributed by atoms with Crippen molar-refractivity contribution in [2.45, 2.75) is 19.8 Å². The number of ketones is 1. The predicted molar refractivity (Wildman–Crippen MR) is 66.7 cm³/mol. The summed E-state index contributed by atoms with van der Waals surface area (Å²) in [7, 11) is 0. The topological polar surface area (TPSA) is 20.3 Å². The molecule has 0 saturated carbocycles. The lowest BCUT2D eigenvalue weighted by molar-refractivity contribution is -0.112. The fraction of sp³-hybridized carbons (Fsp3) is 0.357. The second-order valence-corrected chi connectivity index (χ2v) is 4.24. The number of hydrogen-bond donors (Lipinski definition) is 0. The molecule has 84 valence electrons. The Morgan fingerprint density at radius 3 is 2.38 bits per heavy atom. The van der Waals surface area contributed by atoms with Gasteiger partial charge in [0.25, 0.3) is 0 Å². The van der Waals surface area contributed by atoms with Crippen LogP contribution in [-0.4, -0.2) is 18.9 Å². The lowest BCUT2D eigenvalue weighted by atomic mass is 10.0. The van der Waals surface area contributed by atoms with Gasteiger partial charge in [0, 0.05) is 18.8 Å². The van der Waals surface area contributed by atoms with Crippen LogP contribution in [0.5, 0.6) is 0 Å². The Labute approximate surface area is 96.6 Å². The van der Waals surface area contributed by atoms with Crippen LogP contribution >= 0.6 is 0 Å². The van der Waals surface area contributed by atoms with Crippen molar-refractivity contribution >= 4 is 11.5 Å². The van der Waals surface area contributed by atoms with E-state index in [1.165, 1.54) is 11.3 Å². The van der Waals surface area contributed by atoms with Crippen molar-refractivity contribution in [2.24, 2.45) is 0 Å². The van der Waals surface area contributed by atoms with E-state index in [9.17, 15) is 4.79 Å². The first kappa shape index (κ1) is 10.9. The molecular weight excluding hydrogens is 198 g/mol. The third-order valence-corrected chi connectivity index (χ3v) is 2.93. The summed E-state index contributed by atoms with van der Waals surface area (Å²) in [5, 5.41) is 0. The number of para-hydroxylation sites is 1. The van der Waals surface area contributed by atoms with Crippen molar-refractivity contribution in [1.29, 1.82) is 0 Å². The largest absolute Gasteiger partial charge is 0.371 e. The number of nitrogens with zero attached hydrogens (tertiary/aromatic N) is 1. The van der Waals surface area contributed by atoms with Crippen LogP contribution < -0.4 is 4.90 Å². The molecule has 1 aliphatic rings. The quantitative estimate of drug-likeness (QED) is 0.707. The lowest BCUT2D eigenvalue weighted by Crippen LogP contribution is -2.30. The van der Waals surface area contributed by atoms with Crippen LogP contribution in [0.1, 0.15) is 19.8 Å². The van der Waals surface area contributed by atoms with Gasteiger partial charge in [-0.15, -0.1) is 0 Å². The smallest absolute Gasteiger partial charge is 0.152 e. The SMILES string of the molecule is CC(=O)C=C1CCN(c2ccccc2)CC1. The molecule has 0 aromatic heterocycles. The fourth-order valence-electron chi connectivity index (χ4n) is 2.12. The molecule has 0 bridgehead atoms. The minimum atomic E-state index is 0.170. The van der Waals surface area contributed by atoms with Gasteiger partial charge in [-0.1, -0.05) is 23.8 Å². The molecule has 0 radical (unpaired) electrons. The summed E-state index contributed by atoms with van der Waals surface area (Å²) in [5.74, 6) is 0.170. The Bertz CT molecular complexity index is 384. The highest BCUT2D eigenvalue weighted by molar-refractivity contribution is 5.88. The van der Waals surface area contributed by atoms with E-state index in [0.717, 1.165) is 25.9 Å². The third kappa shape index (κ3) is 2.72. The predicted octanol–water partition coefficient (Wildman–Crippen LogP) is 2.80. The Balaban J connectivity index is 1.98. The zero-order chi connectivity index (χ0) is 11.4. The van der Waals surface area contributed by atoms with E-state index in [0.29, 0.717) is 0 Å². The standard InChI is InChI=1S/C14H17NO/c1-12(16)11-13-7-9-15(10-8-13)14-5-3-2-4-6-14/h2-6,11H,7-10H2,1H3. The summed E-state index contributed by atoms with van der Waals surface area (Å²) < 4.78 is 0. The number of hydrogen-bond acceptors (Lipinski definition) is 2. The molecule has 0 aliphatic carbocycles. The normalized spacial score (nSPS) is 16.1. The molecule has 0 atom stereocenters. The van der Waals surface area contributed by atoms with Crippen LogP contribution in [0.25, 0.3) is 0 Å². The Kier molecular flexibility index (Phi) is 3.40. The van der Waals surface area contributed by atoms with Crippen molar-refractivity contribution < 1.29 is 4.79 Å². The number of carbonyl (C=O) groups is 1. The number of anilines is 1. The minimum absolute atomic E-state index is 0.170. The van der Waals surface area contributed by atoms with Crippen molar-refractivity contribution in [2.75, 3.05) is 18.0 Å². The zero-order valence-electron chi connectivity index (χ0n) is 9.65. The van der Waals surface area contributed by atoms with Crippen LogP contribution in [0.4, 0.5) is 5.69 Å². The molecule has 2 nitrogen and oxygen atoms in total. The van der Waals surface area contributed by atoms with E-state index >= 15 is 0 Å². The average Bonchev–Trinajstić information content (AvgIpc) is 2.30. The van der Waals surface area contributed by atoms with Crippen molar-refractivity contribution in [3.63, 3.8) is 0 Å². The van der Waals surface area contributed by atoms with E-state index in [-0.39, 0.29) is 5.78 Å². The maximum absolute atomic E-state index is 11.0. The molecule has 1 aliphatic heterocycles. The van der Waals surface area contributed by atoms with Gasteiger partial charge < -0.3 is 4.90 Å². The van der Waals surface area contributed by atoms with Crippen molar-refractivity contribution in [3.8, 4) is 0 Å². The van der Waals surface area contributed by atoms with Gasteiger partial charge in [0.2, 0.25) is 0 Å². The molecule has 0 unspecified atom stereocenters. The highest BCUT2D eigenvalue weighted by Gasteiger charge is 2.13. The first-order valence-electron chi connectivity index (χ1n) is 5.76. The van der Waals surface area contributed by atoms with Gasteiger partial charge in [0.15, 0.2) is 5.78 Å². The monoisotopic (exact) mass is 215 g/mol. The van der Waals surface area contributed by atoms with Crippen molar-refractivity contribution in [3.05, 3.63) is 42.0 Å². The van der Waals surface area contributed by atoms with E-state index in [1.807, 2.05) is 6.07 Å². The molecule has 1 saturated heterocycles. The molecule has 0 spiro atoms. The molecule has 2 heteroatoms. The third-order valence-electron chi connectivity index (χ3n) is 2.93. The van der Waals surface area contributed by atoms with Crippen LogP contribution in [0.3, 0.4) is 0 Å². The summed E-state index contributed by atoms with van der Waals surface area (Å²) in [6.07, 6.45) is 3.81. The van der Waals surface area contributed by atoms with Gasteiger partial charge in [0.05, 0.1) is 0 Å². The lowest BCUT2D eigenvalue weighted by Gasteiger charge is -2.30. The van der Waals surface area contributed by atoms with Gasteiger partial charge in [-0.2, -0.15) is 0 Å². The highest BCUT2D eigenvalue weighted by atomic mass is 16.1. The summed E-state index contributed by atoms with van der Waals surface area (Å²) in [5.41, 5.74) is 2.57. The molecule has 1 aromatic rings. The summed E-state index contributed by atoms with van der Waals surface area (Å²) in [6, 6.07) is 10.4. The number of allylic oxidation sites excluding steroid dienone is 1. The van der Waals surface area contributed by atoms with Crippen LogP contribution in [0.2, 0.25) is 0 Å². The molecule has 1 heterocycles. The van der Waals surface area contributed by atoms with Gasteiger partial charge in [-0.05, 0) is 38.0 Å². The zero-order valence-corrected chi connectivity index (χ0v) is 9.65. The maximum atomic E-state index is 11.0. The highest BCUT2D eigenvalue weighted by Crippen LogP contribution is 2.22. The number of carbonyl (C=O) groups excluding carboxylic acids is 1. The molecule has 1 fully saturated rings. The van der Waals surface area contributed by atoms with E-state index < -0.39 is 0 Å². The summed E-state index contributed by atoms with van der Waals surface area (Å²) in [6.45, 7) is 3.66. The van der Waals surface area contributed by atoms with Crippen LogP contribution in [0.15, 0.2) is 42.0 Å². The molecular formula is C14H17NO. The van der Waals surface area contributed by atoms with Crippen LogP contribution in [0, 0.1) is 0 Å². The number of rotatable bonds is 2. The fourth-order valence-corrected chi connectivity index (χ4v) is 2.12. The second-order valence-electron chi connectivity index (χ2n) is 4.24. The van der Waals surface area contributed by atoms with Crippen molar-refractivity contribution in [1.82, 2.24) is 0 Å². The van der Waals surface area contributed by atoms with E-state index in [1.54, 1.807) is 13.0 Å². The number of benzene rings is 1. The van der Waals surface area contributed by atoms with E-state index in [2.05, 4.69) is 29.2 Å². The van der Waals surface area contributed by atoms with Crippen LogP contribution in [-0.2, 0) is 4.79 Å². The maximum Gasteiger partial charge on any atom is 0.152 e. The minimum Gasteiger partial charge on any atom is -0.371 e. The molecule has 2 rings (SSSR count). The average molecular weight is 215 g/mol.